The van der Waals surface area contributed by atoms with Gasteiger partial charge in [-0.25, -0.2) is 8.78 Å². The average Bonchev–Trinajstić information content (AvgIpc) is 2.71. The van der Waals surface area contributed by atoms with Crippen LogP contribution in [0.4, 0.5) is 22.0 Å². The number of halogens is 5. The standard InChI is InChI=1S/C21H18F5N3O/c22-20(23)9-7-13(8-10-20)18(15-5-6-17(28-12-15)21(24,25)26)29-19(30)16-4-2-1-3-14(16)11-27/h1-6,12-13,18H,7-10H2,(H,29,30). The molecule has 1 atom stereocenters. The maximum Gasteiger partial charge on any atom is 0.433 e. The summed E-state index contributed by atoms with van der Waals surface area (Å²) in [4.78, 5) is 16.2. The molecule has 1 heterocycles. The zero-order valence-corrected chi connectivity index (χ0v) is 15.7. The number of rotatable bonds is 4. The van der Waals surface area contributed by atoms with Crippen LogP contribution in [0.2, 0.25) is 0 Å². The molecule has 1 amide bonds. The maximum absolute atomic E-state index is 13.6. The van der Waals surface area contributed by atoms with Crippen molar-refractivity contribution in [1.29, 1.82) is 5.26 Å². The molecule has 1 saturated carbocycles. The van der Waals surface area contributed by atoms with Gasteiger partial charge in [-0.2, -0.15) is 18.4 Å². The minimum atomic E-state index is -4.62. The van der Waals surface area contributed by atoms with Gasteiger partial charge in [0, 0.05) is 19.0 Å². The number of nitrogens with zero attached hydrogens (tertiary/aromatic N) is 2. The van der Waals surface area contributed by atoms with Gasteiger partial charge in [0.2, 0.25) is 5.92 Å². The first-order valence-electron chi connectivity index (χ1n) is 9.32. The number of hydrogen-bond donors (Lipinski definition) is 1. The number of hydrogen-bond acceptors (Lipinski definition) is 3. The Kier molecular flexibility index (Phi) is 6.06. The molecule has 4 nitrogen and oxygen atoms in total. The third-order valence-corrected chi connectivity index (χ3v) is 5.25. The van der Waals surface area contributed by atoms with E-state index in [-0.39, 0.29) is 36.8 Å². The summed E-state index contributed by atoms with van der Waals surface area (Å²) in [5, 5.41) is 11.9. The summed E-state index contributed by atoms with van der Waals surface area (Å²) in [7, 11) is 0. The lowest BCUT2D eigenvalue weighted by Crippen LogP contribution is -2.37. The Balaban J connectivity index is 1.90. The molecule has 158 valence electrons. The molecule has 2 aromatic rings. The fraction of sp³-hybridized carbons (Fsp3) is 0.381. The second kappa shape index (κ2) is 8.38. The molecule has 30 heavy (non-hydrogen) atoms. The zero-order valence-electron chi connectivity index (χ0n) is 15.7. The van der Waals surface area contributed by atoms with E-state index in [1.54, 1.807) is 12.1 Å². The van der Waals surface area contributed by atoms with Crippen molar-refractivity contribution in [3.63, 3.8) is 0 Å². The van der Waals surface area contributed by atoms with E-state index in [2.05, 4.69) is 10.3 Å². The second-order valence-corrected chi connectivity index (χ2v) is 7.28. The molecule has 3 rings (SSSR count). The van der Waals surface area contributed by atoms with E-state index in [9.17, 15) is 32.0 Å². The number of nitriles is 1. The van der Waals surface area contributed by atoms with E-state index in [4.69, 9.17) is 0 Å². The van der Waals surface area contributed by atoms with Gasteiger partial charge in [0.1, 0.15) is 5.69 Å². The zero-order chi connectivity index (χ0) is 21.9. The fourth-order valence-electron chi connectivity index (χ4n) is 3.62. The van der Waals surface area contributed by atoms with Gasteiger partial charge in [-0.05, 0) is 42.5 Å². The first-order valence-corrected chi connectivity index (χ1v) is 9.32. The Morgan fingerprint density at radius 3 is 2.40 bits per heavy atom. The third kappa shape index (κ3) is 4.93. The topological polar surface area (TPSA) is 65.8 Å². The minimum absolute atomic E-state index is 0.0961. The summed E-state index contributed by atoms with van der Waals surface area (Å²) < 4.78 is 65.7. The normalized spacial score (nSPS) is 17.7. The Bertz CT molecular complexity index is 940. The molecule has 1 aromatic carbocycles. The lowest BCUT2D eigenvalue weighted by atomic mass is 9.79. The summed E-state index contributed by atoms with van der Waals surface area (Å²) in [6.07, 6.45) is -4.15. The fourth-order valence-corrected chi connectivity index (χ4v) is 3.62. The highest BCUT2D eigenvalue weighted by Gasteiger charge is 2.39. The summed E-state index contributed by atoms with van der Waals surface area (Å²) >= 11 is 0. The monoisotopic (exact) mass is 423 g/mol. The van der Waals surface area contributed by atoms with Gasteiger partial charge in [-0.15, -0.1) is 0 Å². The van der Waals surface area contributed by atoms with E-state index in [0.29, 0.717) is 5.56 Å². The smallest absolute Gasteiger partial charge is 0.345 e. The maximum atomic E-state index is 13.6. The quantitative estimate of drug-likeness (QED) is 0.682. The van der Waals surface area contributed by atoms with E-state index in [0.717, 1.165) is 12.3 Å². The van der Waals surface area contributed by atoms with Crippen LogP contribution in [0.3, 0.4) is 0 Å². The van der Waals surface area contributed by atoms with Crippen LogP contribution in [-0.4, -0.2) is 16.8 Å². The molecule has 0 aliphatic heterocycles. The molecular weight excluding hydrogens is 405 g/mol. The van der Waals surface area contributed by atoms with Crippen LogP contribution in [0.1, 0.15) is 58.9 Å². The van der Waals surface area contributed by atoms with Crippen molar-refractivity contribution in [3.8, 4) is 6.07 Å². The highest BCUT2D eigenvalue weighted by atomic mass is 19.4. The van der Waals surface area contributed by atoms with Crippen molar-refractivity contribution < 1.29 is 26.7 Å². The highest BCUT2D eigenvalue weighted by molar-refractivity contribution is 5.96. The highest BCUT2D eigenvalue weighted by Crippen LogP contribution is 2.41. The third-order valence-electron chi connectivity index (χ3n) is 5.25. The van der Waals surface area contributed by atoms with Gasteiger partial charge in [0.25, 0.3) is 5.91 Å². The lowest BCUT2D eigenvalue weighted by molar-refractivity contribution is -0.141. The van der Waals surface area contributed by atoms with Crippen LogP contribution < -0.4 is 5.32 Å². The molecule has 1 fully saturated rings. The number of nitrogens with one attached hydrogen (secondary N) is 1. The first kappa shape index (κ1) is 21.7. The predicted octanol–water partition coefficient (Wildman–Crippen LogP) is 5.27. The van der Waals surface area contributed by atoms with Crippen molar-refractivity contribution >= 4 is 5.91 Å². The van der Waals surface area contributed by atoms with Gasteiger partial charge in [-0.3, -0.25) is 9.78 Å². The predicted molar refractivity (Wildman–Crippen MR) is 97.5 cm³/mol. The summed E-state index contributed by atoms with van der Waals surface area (Å²) in [5.41, 5.74) is -0.553. The van der Waals surface area contributed by atoms with E-state index in [1.807, 2.05) is 6.07 Å². The number of pyridine rings is 1. The van der Waals surface area contributed by atoms with Gasteiger partial charge >= 0.3 is 6.18 Å². The van der Waals surface area contributed by atoms with Crippen molar-refractivity contribution in [2.75, 3.05) is 0 Å². The van der Waals surface area contributed by atoms with Gasteiger partial charge in [-0.1, -0.05) is 18.2 Å². The Morgan fingerprint density at radius 2 is 1.83 bits per heavy atom. The van der Waals surface area contributed by atoms with Crippen molar-refractivity contribution in [2.24, 2.45) is 5.92 Å². The van der Waals surface area contributed by atoms with Gasteiger partial charge in [0.05, 0.1) is 23.2 Å². The lowest BCUT2D eigenvalue weighted by Gasteiger charge is -2.34. The first-order chi connectivity index (χ1) is 14.1. The van der Waals surface area contributed by atoms with Crippen LogP contribution >= 0.6 is 0 Å². The largest absolute Gasteiger partial charge is 0.433 e. The van der Waals surface area contributed by atoms with E-state index in [1.165, 1.54) is 18.2 Å². The molecule has 0 bridgehead atoms. The summed E-state index contributed by atoms with van der Waals surface area (Å²) in [6, 6.07) is 9.18. The Hall–Kier alpha value is -3.02. The van der Waals surface area contributed by atoms with Crippen LogP contribution in [0.25, 0.3) is 0 Å². The molecule has 1 unspecified atom stereocenters. The van der Waals surface area contributed by atoms with Crippen molar-refractivity contribution in [3.05, 3.63) is 65.0 Å². The summed E-state index contributed by atoms with van der Waals surface area (Å²) in [5.74, 6) is -3.80. The number of benzene rings is 1. The molecule has 0 saturated heterocycles. The van der Waals surface area contributed by atoms with E-state index >= 15 is 0 Å². The minimum Gasteiger partial charge on any atom is -0.345 e. The van der Waals surface area contributed by atoms with Crippen LogP contribution in [-0.2, 0) is 6.18 Å². The van der Waals surface area contributed by atoms with Gasteiger partial charge in [0.15, 0.2) is 0 Å². The van der Waals surface area contributed by atoms with Gasteiger partial charge < -0.3 is 5.32 Å². The number of carbonyl (C=O) groups excluding carboxylic acids is 1. The number of amides is 1. The van der Waals surface area contributed by atoms with Crippen molar-refractivity contribution in [2.45, 2.75) is 43.8 Å². The molecular formula is C21H18F5N3O. The van der Waals surface area contributed by atoms with Crippen LogP contribution in [0.15, 0.2) is 42.6 Å². The molecule has 1 aromatic heterocycles. The number of alkyl halides is 5. The van der Waals surface area contributed by atoms with Crippen molar-refractivity contribution in [1.82, 2.24) is 10.3 Å². The number of carbonyl (C=O) groups is 1. The molecule has 1 aliphatic carbocycles. The summed E-state index contributed by atoms with van der Waals surface area (Å²) in [6.45, 7) is 0. The molecule has 1 aliphatic rings. The second-order valence-electron chi connectivity index (χ2n) is 7.28. The van der Waals surface area contributed by atoms with Crippen LogP contribution in [0, 0.1) is 17.2 Å². The SMILES string of the molecule is N#Cc1ccccc1C(=O)NC(c1ccc(C(F)(F)F)nc1)C1CCC(F)(F)CC1. The number of aromatic nitrogens is 1. The Labute approximate surface area is 169 Å². The van der Waals surface area contributed by atoms with Crippen LogP contribution in [0.5, 0.6) is 0 Å². The molecule has 1 N–H and O–H groups in total. The average molecular weight is 423 g/mol. The Morgan fingerprint density at radius 1 is 1.17 bits per heavy atom. The molecule has 0 spiro atoms. The molecule has 9 heteroatoms. The van der Waals surface area contributed by atoms with E-state index < -0.39 is 35.7 Å². The molecule has 0 radical (unpaired) electrons.